The summed E-state index contributed by atoms with van der Waals surface area (Å²) in [6.45, 7) is 3.99. The SMILES string of the molecule is C=CCc1cc(/C=C(\C#N)C(=O)Nc2ccc(OC)cc2)cc(OC)c1OCc1ccccc1C#N. The van der Waals surface area contributed by atoms with Crippen molar-refractivity contribution in [2.75, 3.05) is 19.5 Å². The maximum absolute atomic E-state index is 12.7. The molecule has 1 N–H and O–H groups in total. The Labute approximate surface area is 210 Å². The van der Waals surface area contributed by atoms with Gasteiger partial charge in [0, 0.05) is 16.8 Å². The molecule has 3 aromatic rings. The van der Waals surface area contributed by atoms with Crippen LogP contribution in [0.2, 0.25) is 0 Å². The van der Waals surface area contributed by atoms with Gasteiger partial charge in [-0.15, -0.1) is 6.58 Å². The van der Waals surface area contributed by atoms with Crippen LogP contribution in [-0.2, 0) is 17.8 Å². The lowest BCUT2D eigenvalue weighted by Crippen LogP contribution is -2.13. The number of hydrogen-bond donors (Lipinski definition) is 1. The lowest BCUT2D eigenvalue weighted by Gasteiger charge is -2.16. The third-order valence-electron chi connectivity index (χ3n) is 5.27. The number of methoxy groups -OCH3 is 2. The lowest BCUT2D eigenvalue weighted by atomic mass is 10.0. The highest BCUT2D eigenvalue weighted by atomic mass is 16.5. The van der Waals surface area contributed by atoms with E-state index in [1.54, 1.807) is 55.7 Å². The van der Waals surface area contributed by atoms with Crippen molar-refractivity contribution in [3.8, 4) is 29.4 Å². The quantitative estimate of drug-likeness (QED) is 0.236. The molecule has 0 saturated carbocycles. The molecule has 0 aliphatic heterocycles. The van der Waals surface area contributed by atoms with Gasteiger partial charge in [0.25, 0.3) is 5.91 Å². The van der Waals surface area contributed by atoms with E-state index in [4.69, 9.17) is 14.2 Å². The van der Waals surface area contributed by atoms with E-state index in [0.29, 0.717) is 40.5 Å². The minimum Gasteiger partial charge on any atom is -0.497 e. The summed E-state index contributed by atoms with van der Waals surface area (Å²) in [6, 6.07) is 21.6. The third kappa shape index (κ3) is 6.31. The van der Waals surface area contributed by atoms with Gasteiger partial charge < -0.3 is 19.5 Å². The van der Waals surface area contributed by atoms with E-state index in [2.05, 4.69) is 18.0 Å². The molecular weight excluding hydrogens is 454 g/mol. The normalized spacial score (nSPS) is 10.5. The van der Waals surface area contributed by atoms with Crippen molar-refractivity contribution >= 4 is 17.7 Å². The Morgan fingerprint density at radius 3 is 2.42 bits per heavy atom. The van der Waals surface area contributed by atoms with Crippen molar-refractivity contribution in [2.24, 2.45) is 0 Å². The van der Waals surface area contributed by atoms with E-state index in [0.717, 1.165) is 11.1 Å². The molecule has 0 saturated heterocycles. The second-order valence-corrected chi connectivity index (χ2v) is 7.61. The van der Waals surface area contributed by atoms with Crippen molar-refractivity contribution < 1.29 is 19.0 Å². The first-order valence-corrected chi connectivity index (χ1v) is 11.0. The Hall–Kier alpha value is -5.01. The summed E-state index contributed by atoms with van der Waals surface area (Å²) in [5, 5.41) is 21.7. The van der Waals surface area contributed by atoms with E-state index in [-0.39, 0.29) is 12.2 Å². The molecule has 0 spiro atoms. The molecule has 0 bridgehead atoms. The summed E-state index contributed by atoms with van der Waals surface area (Å²) < 4.78 is 16.8. The highest BCUT2D eigenvalue weighted by molar-refractivity contribution is 6.09. The first-order valence-electron chi connectivity index (χ1n) is 11.0. The zero-order valence-corrected chi connectivity index (χ0v) is 20.1. The van der Waals surface area contributed by atoms with Gasteiger partial charge in [-0.2, -0.15) is 10.5 Å². The molecule has 1 amide bonds. The van der Waals surface area contributed by atoms with Crippen LogP contribution in [0.3, 0.4) is 0 Å². The topological polar surface area (TPSA) is 104 Å². The molecule has 36 heavy (non-hydrogen) atoms. The van der Waals surface area contributed by atoms with Crippen LogP contribution in [-0.4, -0.2) is 20.1 Å². The Morgan fingerprint density at radius 2 is 1.78 bits per heavy atom. The number of carbonyl (C=O) groups is 1. The number of hydrogen-bond acceptors (Lipinski definition) is 6. The molecule has 0 aliphatic carbocycles. The number of ether oxygens (including phenoxy) is 3. The predicted molar refractivity (Wildman–Crippen MR) is 138 cm³/mol. The summed E-state index contributed by atoms with van der Waals surface area (Å²) >= 11 is 0. The molecule has 7 nitrogen and oxygen atoms in total. The van der Waals surface area contributed by atoms with Gasteiger partial charge in [0.2, 0.25) is 0 Å². The number of rotatable bonds is 10. The second-order valence-electron chi connectivity index (χ2n) is 7.61. The average Bonchev–Trinajstić information content (AvgIpc) is 2.91. The van der Waals surface area contributed by atoms with Crippen molar-refractivity contribution in [1.82, 2.24) is 0 Å². The Bertz CT molecular complexity index is 1360. The first kappa shape index (κ1) is 25.6. The monoisotopic (exact) mass is 479 g/mol. The van der Waals surface area contributed by atoms with Crippen LogP contribution in [0.5, 0.6) is 17.2 Å². The Balaban J connectivity index is 1.90. The van der Waals surface area contributed by atoms with Gasteiger partial charge in [0.1, 0.15) is 24.0 Å². The largest absolute Gasteiger partial charge is 0.497 e. The van der Waals surface area contributed by atoms with Crippen LogP contribution in [0.4, 0.5) is 5.69 Å². The van der Waals surface area contributed by atoms with Crippen LogP contribution in [0.25, 0.3) is 6.08 Å². The van der Waals surface area contributed by atoms with Crippen molar-refractivity contribution in [3.63, 3.8) is 0 Å². The van der Waals surface area contributed by atoms with E-state index >= 15 is 0 Å². The number of benzene rings is 3. The Kier molecular flexibility index (Phi) is 8.86. The van der Waals surface area contributed by atoms with Crippen LogP contribution in [0, 0.1) is 22.7 Å². The van der Waals surface area contributed by atoms with E-state index in [1.807, 2.05) is 24.3 Å². The summed E-state index contributed by atoms with van der Waals surface area (Å²) in [4.78, 5) is 12.7. The molecule has 0 atom stereocenters. The predicted octanol–water partition coefficient (Wildman–Crippen LogP) is 5.43. The van der Waals surface area contributed by atoms with Crippen molar-refractivity contribution in [2.45, 2.75) is 13.0 Å². The smallest absolute Gasteiger partial charge is 0.266 e. The van der Waals surface area contributed by atoms with Gasteiger partial charge in [-0.25, -0.2) is 0 Å². The summed E-state index contributed by atoms with van der Waals surface area (Å²) in [5.74, 6) is 1.05. The fourth-order valence-corrected chi connectivity index (χ4v) is 3.48. The number of nitrogens with one attached hydrogen (secondary N) is 1. The van der Waals surface area contributed by atoms with Gasteiger partial charge in [-0.05, 0) is 60.5 Å². The molecule has 0 unspecified atom stereocenters. The van der Waals surface area contributed by atoms with Crippen molar-refractivity contribution in [3.05, 3.63) is 101 Å². The molecular formula is C29H25N3O4. The number of carbonyl (C=O) groups excluding carboxylic acids is 1. The first-order chi connectivity index (χ1) is 17.5. The number of nitrogens with zero attached hydrogens (tertiary/aromatic N) is 2. The molecule has 180 valence electrons. The number of amides is 1. The number of nitriles is 2. The van der Waals surface area contributed by atoms with E-state index < -0.39 is 5.91 Å². The van der Waals surface area contributed by atoms with Gasteiger partial charge >= 0.3 is 0 Å². The molecule has 7 heteroatoms. The fraction of sp³-hybridized carbons (Fsp3) is 0.138. The third-order valence-corrected chi connectivity index (χ3v) is 5.27. The average molecular weight is 480 g/mol. The van der Waals surface area contributed by atoms with E-state index in [9.17, 15) is 15.3 Å². The fourth-order valence-electron chi connectivity index (χ4n) is 3.48. The molecule has 0 fully saturated rings. The van der Waals surface area contributed by atoms with Crippen LogP contribution < -0.4 is 19.5 Å². The van der Waals surface area contributed by atoms with E-state index in [1.165, 1.54) is 13.2 Å². The maximum Gasteiger partial charge on any atom is 0.266 e. The van der Waals surface area contributed by atoms with Crippen LogP contribution in [0.1, 0.15) is 22.3 Å². The zero-order chi connectivity index (χ0) is 25.9. The van der Waals surface area contributed by atoms with Crippen LogP contribution >= 0.6 is 0 Å². The molecule has 0 radical (unpaired) electrons. The zero-order valence-electron chi connectivity index (χ0n) is 20.1. The Morgan fingerprint density at radius 1 is 1.03 bits per heavy atom. The number of anilines is 1. The van der Waals surface area contributed by atoms with Gasteiger partial charge in [-0.3, -0.25) is 4.79 Å². The van der Waals surface area contributed by atoms with Gasteiger partial charge in [-0.1, -0.05) is 24.3 Å². The highest BCUT2D eigenvalue weighted by Crippen LogP contribution is 2.35. The minimum atomic E-state index is -0.541. The number of allylic oxidation sites excluding steroid dienone is 1. The lowest BCUT2D eigenvalue weighted by molar-refractivity contribution is -0.112. The summed E-state index contributed by atoms with van der Waals surface area (Å²) in [5.41, 5.74) is 3.09. The molecule has 0 aliphatic rings. The second kappa shape index (κ2) is 12.5. The molecule has 3 rings (SSSR count). The summed E-state index contributed by atoms with van der Waals surface area (Å²) in [7, 11) is 3.07. The minimum absolute atomic E-state index is 0.0750. The van der Waals surface area contributed by atoms with Crippen molar-refractivity contribution in [1.29, 1.82) is 10.5 Å². The molecule has 0 aromatic heterocycles. The highest BCUT2D eigenvalue weighted by Gasteiger charge is 2.16. The molecule has 3 aromatic carbocycles. The molecule has 0 heterocycles. The van der Waals surface area contributed by atoms with Gasteiger partial charge in [0.05, 0.1) is 25.9 Å². The standard InChI is InChI=1S/C29H25N3O4/c1-4-7-21-14-20(15-24(18-31)29(33)32-25-10-12-26(34-2)13-11-25)16-27(35-3)28(21)36-19-23-9-6-5-8-22(23)17-30/h4-6,8-16H,1,7,19H2,2-3H3,(H,32,33)/b24-15+. The maximum atomic E-state index is 12.7. The summed E-state index contributed by atoms with van der Waals surface area (Å²) in [6.07, 6.45) is 3.68. The van der Waals surface area contributed by atoms with Crippen LogP contribution in [0.15, 0.2) is 78.9 Å². The van der Waals surface area contributed by atoms with Gasteiger partial charge in [0.15, 0.2) is 11.5 Å².